The Kier molecular flexibility index (Phi) is 3.90. The molecule has 1 aliphatic heterocycles. The third-order valence-corrected chi connectivity index (χ3v) is 3.32. The third-order valence-electron chi connectivity index (χ3n) is 3.32. The van der Waals surface area contributed by atoms with Crippen molar-refractivity contribution in [1.82, 2.24) is 0 Å². The highest BCUT2D eigenvalue weighted by atomic mass is 16.7. The van der Waals surface area contributed by atoms with E-state index in [-0.39, 0.29) is 11.7 Å². The zero-order chi connectivity index (χ0) is 13.9. The van der Waals surface area contributed by atoms with Gasteiger partial charge in [0.2, 0.25) is 11.5 Å². The minimum atomic E-state index is -0.821. The van der Waals surface area contributed by atoms with Crippen LogP contribution in [0, 0.1) is 0 Å². The summed E-state index contributed by atoms with van der Waals surface area (Å²) in [5.41, 5.74) is 1.12. The molecule has 0 aliphatic carbocycles. The SMILES string of the molecule is COC(=O)C1=CC(c2ccccc2)CC(C)(OC)O1. The van der Waals surface area contributed by atoms with Gasteiger partial charge >= 0.3 is 5.97 Å². The summed E-state index contributed by atoms with van der Waals surface area (Å²) in [6.45, 7) is 1.82. The predicted molar refractivity (Wildman–Crippen MR) is 70.4 cm³/mol. The van der Waals surface area contributed by atoms with E-state index in [1.54, 1.807) is 13.2 Å². The van der Waals surface area contributed by atoms with Crippen molar-refractivity contribution in [2.75, 3.05) is 14.2 Å². The fourth-order valence-corrected chi connectivity index (χ4v) is 2.20. The van der Waals surface area contributed by atoms with Gasteiger partial charge in [-0.2, -0.15) is 0 Å². The lowest BCUT2D eigenvalue weighted by Gasteiger charge is -2.36. The molecule has 1 aliphatic rings. The first-order chi connectivity index (χ1) is 9.08. The fourth-order valence-electron chi connectivity index (χ4n) is 2.20. The van der Waals surface area contributed by atoms with Gasteiger partial charge in [0.15, 0.2) is 0 Å². The van der Waals surface area contributed by atoms with Crippen LogP contribution < -0.4 is 0 Å². The summed E-state index contributed by atoms with van der Waals surface area (Å²) < 4.78 is 15.7. The maximum Gasteiger partial charge on any atom is 0.373 e. The minimum Gasteiger partial charge on any atom is -0.463 e. The number of ether oxygens (including phenoxy) is 3. The van der Waals surface area contributed by atoms with Gasteiger partial charge in [-0.3, -0.25) is 0 Å². The number of carbonyl (C=O) groups is 1. The van der Waals surface area contributed by atoms with E-state index >= 15 is 0 Å². The van der Waals surface area contributed by atoms with Crippen LogP contribution >= 0.6 is 0 Å². The molecular formula is C15H18O4. The van der Waals surface area contributed by atoms with Crippen molar-refractivity contribution in [3.63, 3.8) is 0 Å². The molecule has 0 saturated carbocycles. The second kappa shape index (κ2) is 5.45. The third kappa shape index (κ3) is 2.96. The van der Waals surface area contributed by atoms with Crippen molar-refractivity contribution < 1.29 is 19.0 Å². The van der Waals surface area contributed by atoms with Gasteiger partial charge in [0.1, 0.15) is 0 Å². The Balaban J connectivity index is 2.35. The molecule has 0 bridgehead atoms. The van der Waals surface area contributed by atoms with Crippen molar-refractivity contribution in [1.29, 1.82) is 0 Å². The van der Waals surface area contributed by atoms with Crippen molar-refractivity contribution in [2.24, 2.45) is 0 Å². The Bertz CT molecular complexity index is 480. The van der Waals surface area contributed by atoms with E-state index in [1.807, 2.05) is 37.3 Å². The molecule has 0 N–H and O–H groups in total. The van der Waals surface area contributed by atoms with Crippen molar-refractivity contribution in [3.05, 3.63) is 47.7 Å². The molecule has 0 fully saturated rings. The number of methoxy groups -OCH3 is 2. The molecule has 1 heterocycles. The molecule has 0 radical (unpaired) electrons. The van der Waals surface area contributed by atoms with E-state index in [1.165, 1.54) is 7.11 Å². The Morgan fingerprint density at radius 1 is 1.32 bits per heavy atom. The van der Waals surface area contributed by atoms with Gasteiger partial charge < -0.3 is 14.2 Å². The van der Waals surface area contributed by atoms with Crippen molar-refractivity contribution >= 4 is 5.97 Å². The van der Waals surface area contributed by atoms with Gasteiger partial charge in [0.25, 0.3) is 0 Å². The number of benzene rings is 1. The van der Waals surface area contributed by atoms with E-state index in [4.69, 9.17) is 14.2 Å². The lowest BCUT2D eigenvalue weighted by molar-refractivity contribution is -0.204. The quantitative estimate of drug-likeness (QED) is 0.785. The van der Waals surface area contributed by atoms with Gasteiger partial charge in [-0.25, -0.2) is 4.79 Å². The fraction of sp³-hybridized carbons (Fsp3) is 0.400. The van der Waals surface area contributed by atoms with E-state index < -0.39 is 11.8 Å². The highest BCUT2D eigenvalue weighted by Crippen LogP contribution is 2.37. The minimum absolute atomic E-state index is 0.0639. The lowest BCUT2D eigenvalue weighted by atomic mass is 9.89. The average molecular weight is 262 g/mol. The number of rotatable bonds is 3. The average Bonchev–Trinajstić information content (AvgIpc) is 2.46. The second-order valence-corrected chi connectivity index (χ2v) is 4.68. The van der Waals surface area contributed by atoms with Crippen LogP contribution in [-0.2, 0) is 19.0 Å². The Morgan fingerprint density at radius 2 is 2.00 bits per heavy atom. The summed E-state index contributed by atoms with van der Waals surface area (Å²) in [5.74, 6) is -1.04. The largest absolute Gasteiger partial charge is 0.463 e. The van der Waals surface area contributed by atoms with Gasteiger partial charge in [-0.1, -0.05) is 30.3 Å². The summed E-state index contributed by atoms with van der Waals surface area (Å²) >= 11 is 0. The van der Waals surface area contributed by atoms with Gasteiger partial charge in [0, 0.05) is 26.4 Å². The van der Waals surface area contributed by atoms with E-state index in [0.717, 1.165) is 5.56 Å². The summed E-state index contributed by atoms with van der Waals surface area (Å²) in [4.78, 5) is 11.7. The Hall–Kier alpha value is -1.81. The molecule has 2 atom stereocenters. The van der Waals surface area contributed by atoms with Crippen LogP contribution in [0.3, 0.4) is 0 Å². The molecule has 2 rings (SSSR count). The molecule has 4 nitrogen and oxygen atoms in total. The number of allylic oxidation sites excluding steroid dienone is 1. The summed E-state index contributed by atoms with van der Waals surface area (Å²) in [5, 5.41) is 0. The maximum atomic E-state index is 11.7. The molecule has 4 heteroatoms. The highest BCUT2D eigenvalue weighted by molar-refractivity contribution is 5.86. The van der Waals surface area contributed by atoms with Crippen LogP contribution in [-0.4, -0.2) is 26.0 Å². The molecule has 0 saturated heterocycles. The molecule has 102 valence electrons. The number of esters is 1. The topological polar surface area (TPSA) is 44.8 Å². The predicted octanol–water partition coefficient (Wildman–Crippen LogP) is 2.61. The van der Waals surface area contributed by atoms with E-state index in [2.05, 4.69) is 0 Å². The molecule has 19 heavy (non-hydrogen) atoms. The smallest absolute Gasteiger partial charge is 0.373 e. The Morgan fingerprint density at radius 3 is 2.58 bits per heavy atom. The molecule has 2 unspecified atom stereocenters. The molecule has 0 amide bonds. The normalized spacial score (nSPS) is 26.3. The van der Waals surface area contributed by atoms with Crippen molar-refractivity contribution in [2.45, 2.75) is 25.0 Å². The number of hydrogen-bond donors (Lipinski definition) is 0. The van der Waals surface area contributed by atoms with Gasteiger partial charge in [0.05, 0.1) is 7.11 Å². The Labute approximate surface area is 113 Å². The van der Waals surface area contributed by atoms with Crippen LogP contribution in [0.25, 0.3) is 0 Å². The van der Waals surface area contributed by atoms with Crippen LogP contribution in [0.5, 0.6) is 0 Å². The van der Waals surface area contributed by atoms with Crippen LogP contribution in [0.4, 0.5) is 0 Å². The second-order valence-electron chi connectivity index (χ2n) is 4.68. The van der Waals surface area contributed by atoms with Gasteiger partial charge in [-0.05, 0) is 11.6 Å². The molecule has 1 aromatic carbocycles. The molecule has 0 aromatic heterocycles. The van der Waals surface area contributed by atoms with E-state index in [9.17, 15) is 4.79 Å². The first-order valence-electron chi connectivity index (χ1n) is 6.17. The standard InChI is InChI=1S/C15H18O4/c1-15(18-3)10-12(11-7-5-4-6-8-11)9-13(19-15)14(16)17-2/h4-9,12H,10H2,1-3H3. The van der Waals surface area contributed by atoms with Crippen molar-refractivity contribution in [3.8, 4) is 0 Å². The summed E-state index contributed by atoms with van der Waals surface area (Å²) in [6, 6.07) is 9.96. The first-order valence-corrected chi connectivity index (χ1v) is 6.17. The monoisotopic (exact) mass is 262 g/mol. The van der Waals surface area contributed by atoms with Crippen LogP contribution in [0.15, 0.2) is 42.2 Å². The summed E-state index contributed by atoms with van der Waals surface area (Å²) in [6.07, 6.45) is 2.44. The maximum absolute atomic E-state index is 11.7. The first kappa shape index (κ1) is 13.6. The zero-order valence-electron chi connectivity index (χ0n) is 11.4. The van der Waals surface area contributed by atoms with Crippen LogP contribution in [0.2, 0.25) is 0 Å². The van der Waals surface area contributed by atoms with Crippen LogP contribution in [0.1, 0.15) is 24.8 Å². The molecule has 1 aromatic rings. The highest BCUT2D eigenvalue weighted by Gasteiger charge is 2.37. The summed E-state index contributed by atoms with van der Waals surface area (Å²) in [7, 11) is 2.91. The molecular weight excluding hydrogens is 244 g/mol. The van der Waals surface area contributed by atoms with E-state index in [0.29, 0.717) is 6.42 Å². The zero-order valence-corrected chi connectivity index (χ0v) is 11.4. The molecule has 0 spiro atoms. The number of hydrogen-bond acceptors (Lipinski definition) is 4. The number of carbonyl (C=O) groups excluding carboxylic acids is 1. The lowest BCUT2D eigenvalue weighted by Crippen LogP contribution is -2.37. The van der Waals surface area contributed by atoms with Gasteiger partial charge in [-0.15, -0.1) is 0 Å².